The lowest BCUT2D eigenvalue weighted by atomic mass is 9.92. The second kappa shape index (κ2) is 10.6. The molecule has 0 fully saturated rings. The second-order valence-corrected chi connectivity index (χ2v) is 9.78. The van der Waals surface area contributed by atoms with Crippen molar-refractivity contribution >= 4 is 29.1 Å². The van der Waals surface area contributed by atoms with Crippen LogP contribution < -0.4 is 20.5 Å². The zero-order chi connectivity index (χ0) is 25.9. The maximum Gasteiger partial charge on any atom is 0.255 e. The number of nitrogens with one attached hydrogen (secondary N) is 1. The Morgan fingerprint density at radius 3 is 2.58 bits per heavy atom. The van der Waals surface area contributed by atoms with Gasteiger partial charge in [-0.3, -0.25) is 9.59 Å². The van der Waals surface area contributed by atoms with Gasteiger partial charge in [0.1, 0.15) is 5.82 Å². The lowest BCUT2D eigenvalue weighted by molar-refractivity contribution is 0.0673. The molecule has 0 aliphatic carbocycles. The number of ether oxygens (including phenoxy) is 2. The minimum atomic E-state index is -0.500. The maximum absolute atomic E-state index is 13.6. The lowest BCUT2D eigenvalue weighted by Gasteiger charge is -2.32. The highest BCUT2D eigenvalue weighted by atomic mass is 35.5. The van der Waals surface area contributed by atoms with Crippen LogP contribution in [0.2, 0.25) is 5.02 Å². The largest absolute Gasteiger partial charge is 0.454 e. The molecule has 4 rings (SSSR count). The van der Waals surface area contributed by atoms with Gasteiger partial charge in [-0.05, 0) is 72.1 Å². The predicted molar refractivity (Wildman–Crippen MR) is 136 cm³/mol. The molecular weight excluding hydrogens is 485 g/mol. The molecular formula is C27H27ClFN3O4. The average Bonchev–Trinajstić information content (AvgIpc) is 3.33. The highest BCUT2D eigenvalue weighted by Gasteiger charge is 2.27. The fraction of sp³-hybridized carbons (Fsp3) is 0.259. The summed E-state index contributed by atoms with van der Waals surface area (Å²) in [5.74, 6) is -0.0794. The van der Waals surface area contributed by atoms with Crippen molar-refractivity contribution in [2.75, 3.05) is 25.2 Å². The summed E-state index contributed by atoms with van der Waals surface area (Å²) in [6.45, 7) is 4.98. The first-order valence-corrected chi connectivity index (χ1v) is 11.8. The fourth-order valence-electron chi connectivity index (χ4n) is 3.81. The molecule has 7 nitrogen and oxygen atoms in total. The molecule has 0 saturated heterocycles. The molecule has 188 valence electrons. The summed E-state index contributed by atoms with van der Waals surface area (Å²) in [6, 6.07) is 15.5. The average molecular weight is 512 g/mol. The van der Waals surface area contributed by atoms with Crippen molar-refractivity contribution in [1.29, 1.82) is 0 Å². The van der Waals surface area contributed by atoms with Crippen molar-refractivity contribution in [2.24, 2.45) is 11.1 Å². The van der Waals surface area contributed by atoms with E-state index >= 15 is 0 Å². The summed E-state index contributed by atoms with van der Waals surface area (Å²) in [5.41, 5.74) is 7.34. The molecule has 36 heavy (non-hydrogen) atoms. The smallest absolute Gasteiger partial charge is 0.255 e. The Morgan fingerprint density at radius 1 is 1.06 bits per heavy atom. The van der Waals surface area contributed by atoms with Gasteiger partial charge < -0.3 is 25.4 Å². The Hall–Kier alpha value is -3.62. The summed E-state index contributed by atoms with van der Waals surface area (Å²) in [6.07, 6.45) is 0. The van der Waals surface area contributed by atoms with Gasteiger partial charge in [0.15, 0.2) is 11.5 Å². The van der Waals surface area contributed by atoms with Crippen LogP contribution in [0.25, 0.3) is 0 Å². The number of rotatable bonds is 8. The molecule has 0 bridgehead atoms. The van der Waals surface area contributed by atoms with E-state index in [9.17, 15) is 14.0 Å². The number of benzene rings is 3. The second-order valence-electron chi connectivity index (χ2n) is 9.37. The third-order valence-corrected chi connectivity index (χ3v) is 6.20. The number of nitrogens with two attached hydrogens (primary N) is 1. The Morgan fingerprint density at radius 2 is 1.83 bits per heavy atom. The third-order valence-electron chi connectivity index (χ3n) is 5.83. The monoisotopic (exact) mass is 511 g/mol. The van der Waals surface area contributed by atoms with E-state index in [2.05, 4.69) is 5.32 Å². The number of nitrogens with zero attached hydrogens (tertiary/aromatic N) is 1. The highest BCUT2D eigenvalue weighted by molar-refractivity contribution is 6.31. The first kappa shape index (κ1) is 25.5. The molecule has 1 aliphatic rings. The Kier molecular flexibility index (Phi) is 7.47. The van der Waals surface area contributed by atoms with E-state index in [1.807, 2.05) is 13.8 Å². The molecule has 0 unspecified atom stereocenters. The van der Waals surface area contributed by atoms with Gasteiger partial charge in [-0.25, -0.2) is 4.39 Å². The molecule has 3 aromatic carbocycles. The first-order valence-electron chi connectivity index (χ1n) is 11.4. The zero-order valence-electron chi connectivity index (χ0n) is 20.0. The van der Waals surface area contributed by atoms with Gasteiger partial charge >= 0.3 is 0 Å². The Bertz CT molecular complexity index is 1300. The zero-order valence-corrected chi connectivity index (χ0v) is 20.8. The summed E-state index contributed by atoms with van der Waals surface area (Å²) >= 11 is 6.49. The van der Waals surface area contributed by atoms with E-state index in [1.54, 1.807) is 41.3 Å². The lowest BCUT2D eigenvalue weighted by Crippen LogP contribution is -2.41. The molecule has 3 aromatic rings. The molecule has 0 saturated carbocycles. The molecule has 0 atom stereocenters. The molecule has 2 amide bonds. The van der Waals surface area contributed by atoms with Gasteiger partial charge in [0.05, 0.1) is 0 Å². The molecule has 1 aliphatic heterocycles. The van der Waals surface area contributed by atoms with Gasteiger partial charge in [0.25, 0.3) is 11.8 Å². The minimum Gasteiger partial charge on any atom is -0.454 e. The number of carbonyl (C=O) groups excluding carboxylic acids is 2. The Labute approximate surface area is 213 Å². The van der Waals surface area contributed by atoms with E-state index in [0.29, 0.717) is 46.4 Å². The quantitative estimate of drug-likeness (QED) is 0.439. The molecule has 1 heterocycles. The summed E-state index contributed by atoms with van der Waals surface area (Å²) in [4.78, 5) is 27.8. The number of hydrogen-bond acceptors (Lipinski definition) is 5. The van der Waals surface area contributed by atoms with Crippen molar-refractivity contribution < 1.29 is 23.5 Å². The fourth-order valence-corrected chi connectivity index (χ4v) is 3.98. The van der Waals surface area contributed by atoms with Crippen molar-refractivity contribution in [3.8, 4) is 11.5 Å². The van der Waals surface area contributed by atoms with Crippen LogP contribution in [0.5, 0.6) is 11.5 Å². The Balaban J connectivity index is 1.59. The minimum absolute atomic E-state index is 0.112. The topological polar surface area (TPSA) is 93.9 Å². The van der Waals surface area contributed by atoms with Crippen LogP contribution in [0.15, 0.2) is 60.7 Å². The van der Waals surface area contributed by atoms with E-state index in [1.165, 1.54) is 18.2 Å². The van der Waals surface area contributed by atoms with E-state index in [0.717, 1.165) is 6.07 Å². The number of anilines is 1. The van der Waals surface area contributed by atoms with Crippen LogP contribution in [0.3, 0.4) is 0 Å². The SMILES string of the molecule is CC(C)(CN)CN(Cc1cc(NC(=O)c2cccc(F)c2)ccc1Cl)C(=O)c1ccc2c(c1)OCO2. The summed E-state index contributed by atoms with van der Waals surface area (Å²) in [5, 5.41) is 3.19. The molecule has 0 spiro atoms. The molecule has 0 aromatic heterocycles. The number of carbonyl (C=O) groups is 2. The maximum atomic E-state index is 13.6. The normalized spacial score (nSPS) is 12.4. The van der Waals surface area contributed by atoms with Crippen molar-refractivity contribution in [3.63, 3.8) is 0 Å². The molecule has 9 heteroatoms. The van der Waals surface area contributed by atoms with Crippen LogP contribution in [0.4, 0.5) is 10.1 Å². The predicted octanol–water partition coefficient (Wildman–Crippen LogP) is 5.09. The highest BCUT2D eigenvalue weighted by Crippen LogP contribution is 2.33. The number of hydrogen-bond donors (Lipinski definition) is 2. The van der Waals surface area contributed by atoms with Crippen LogP contribution in [-0.2, 0) is 6.54 Å². The van der Waals surface area contributed by atoms with Crippen LogP contribution in [0.1, 0.15) is 40.1 Å². The van der Waals surface area contributed by atoms with Crippen LogP contribution in [-0.4, -0.2) is 36.6 Å². The van der Waals surface area contributed by atoms with Crippen molar-refractivity contribution in [3.05, 3.63) is 88.2 Å². The molecule has 0 radical (unpaired) electrons. The van der Waals surface area contributed by atoms with Gasteiger partial charge in [0, 0.05) is 34.9 Å². The van der Waals surface area contributed by atoms with Gasteiger partial charge in [-0.2, -0.15) is 0 Å². The van der Waals surface area contributed by atoms with E-state index in [4.69, 9.17) is 26.8 Å². The van der Waals surface area contributed by atoms with E-state index in [-0.39, 0.29) is 30.2 Å². The van der Waals surface area contributed by atoms with Gasteiger partial charge in [0.2, 0.25) is 6.79 Å². The van der Waals surface area contributed by atoms with E-state index < -0.39 is 11.7 Å². The standard InChI is InChI=1S/C27H27ClFN3O4/c1-27(2,14-30)15-32(26(34)18-6-9-23-24(12-18)36-16-35-23)13-19-11-21(7-8-22(19)28)31-25(33)17-4-3-5-20(29)10-17/h3-12H,13-16,30H2,1-2H3,(H,31,33). The first-order chi connectivity index (χ1) is 17.1. The number of halogens is 2. The molecule has 3 N–H and O–H groups in total. The van der Waals surface area contributed by atoms with Crippen LogP contribution in [0, 0.1) is 11.2 Å². The third kappa shape index (κ3) is 5.95. The van der Waals surface area contributed by atoms with Gasteiger partial charge in [-0.15, -0.1) is 0 Å². The van der Waals surface area contributed by atoms with Crippen molar-refractivity contribution in [1.82, 2.24) is 4.90 Å². The number of fused-ring (bicyclic) bond motifs is 1. The van der Waals surface area contributed by atoms with Gasteiger partial charge in [-0.1, -0.05) is 31.5 Å². The summed E-state index contributed by atoms with van der Waals surface area (Å²) < 4.78 is 24.3. The van der Waals surface area contributed by atoms with Crippen molar-refractivity contribution in [2.45, 2.75) is 20.4 Å². The van der Waals surface area contributed by atoms with Crippen LogP contribution >= 0.6 is 11.6 Å². The number of amides is 2. The summed E-state index contributed by atoms with van der Waals surface area (Å²) in [7, 11) is 0.